The molecule has 0 aliphatic carbocycles. The van der Waals surface area contributed by atoms with Gasteiger partial charge < -0.3 is 10.1 Å². The number of benzene rings is 1. The van der Waals surface area contributed by atoms with Gasteiger partial charge >= 0.3 is 0 Å². The molecule has 0 saturated carbocycles. The first kappa shape index (κ1) is 13.6. The van der Waals surface area contributed by atoms with E-state index in [1.807, 2.05) is 25.1 Å². The second-order valence-electron chi connectivity index (χ2n) is 4.41. The Morgan fingerprint density at radius 2 is 2.12 bits per heavy atom. The molecular weight excluding hydrogens is 214 g/mol. The molecule has 0 fully saturated rings. The summed E-state index contributed by atoms with van der Waals surface area (Å²) in [5.74, 6) is 1.20. The molecule has 3 heteroatoms. The van der Waals surface area contributed by atoms with Crippen molar-refractivity contribution in [1.29, 1.82) is 0 Å². The van der Waals surface area contributed by atoms with E-state index in [2.05, 4.69) is 19.2 Å². The van der Waals surface area contributed by atoms with Gasteiger partial charge in [0, 0.05) is 6.42 Å². The fourth-order valence-electron chi connectivity index (χ4n) is 1.61. The second kappa shape index (κ2) is 6.28. The quantitative estimate of drug-likeness (QED) is 0.847. The van der Waals surface area contributed by atoms with Crippen molar-refractivity contribution in [2.24, 2.45) is 0 Å². The zero-order valence-electron chi connectivity index (χ0n) is 11.0. The molecule has 0 aliphatic heterocycles. The number of rotatable bonds is 5. The van der Waals surface area contributed by atoms with Crippen LogP contribution >= 0.6 is 0 Å². The molecule has 17 heavy (non-hydrogen) atoms. The van der Waals surface area contributed by atoms with Gasteiger partial charge in [0.15, 0.2) is 0 Å². The number of methoxy groups -OCH3 is 1. The molecule has 1 N–H and O–H groups in total. The molecule has 0 aliphatic rings. The van der Waals surface area contributed by atoms with Gasteiger partial charge in [-0.15, -0.1) is 0 Å². The first-order valence-electron chi connectivity index (χ1n) is 6.06. The Labute approximate surface area is 103 Å². The molecule has 3 nitrogen and oxygen atoms in total. The highest BCUT2D eigenvalue weighted by molar-refractivity contribution is 5.92. The van der Waals surface area contributed by atoms with Gasteiger partial charge in [-0.3, -0.25) is 4.79 Å². The second-order valence-corrected chi connectivity index (χ2v) is 4.41. The lowest BCUT2D eigenvalue weighted by Crippen LogP contribution is -2.11. The Balaban J connectivity index is 2.89. The lowest BCUT2D eigenvalue weighted by molar-refractivity contribution is -0.116. The largest absolute Gasteiger partial charge is 0.495 e. The van der Waals surface area contributed by atoms with E-state index in [-0.39, 0.29) is 5.91 Å². The topological polar surface area (TPSA) is 38.3 Å². The summed E-state index contributed by atoms with van der Waals surface area (Å²) in [6.45, 7) is 6.24. The summed E-state index contributed by atoms with van der Waals surface area (Å²) >= 11 is 0. The van der Waals surface area contributed by atoms with Crippen LogP contribution < -0.4 is 10.1 Å². The summed E-state index contributed by atoms with van der Waals surface area (Å²) in [5.41, 5.74) is 1.95. The molecule has 94 valence electrons. The third-order valence-corrected chi connectivity index (χ3v) is 2.64. The average Bonchev–Trinajstić information content (AvgIpc) is 2.29. The number of anilines is 1. The van der Waals surface area contributed by atoms with Crippen LogP contribution in [0.2, 0.25) is 0 Å². The molecule has 1 rings (SSSR count). The van der Waals surface area contributed by atoms with E-state index >= 15 is 0 Å². The first-order chi connectivity index (χ1) is 8.08. The highest BCUT2D eigenvalue weighted by Crippen LogP contribution is 2.28. The molecule has 1 aromatic rings. The Bertz CT molecular complexity index is 386. The molecule has 0 bridgehead atoms. The minimum absolute atomic E-state index is 0.0306. The van der Waals surface area contributed by atoms with Crippen LogP contribution in [0.3, 0.4) is 0 Å². The zero-order valence-corrected chi connectivity index (χ0v) is 11.0. The van der Waals surface area contributed by atoms with E-state index in [4.69, 9.17) is 4.74 Å². The van der Waals surface area contributed by atoms with Crippen molar-refractivity contribution in [3.8, 4) is 5.75 Å². The average molecular weight is 235 g/mol. The molecular formula is C14H21NO2. The number of hydrogen-bond acceptors (Lipinski definition) is 2. The van der Waals surface area contributed by atoms with Gasteiger partial charge in [-0.05, 0) is 30.0 Å². The third kappa shape index (κ3) is 3.77. The van der Waals surface area contributed by atoms with E-state index in [0.717, 1.165) is 17.9 Å². The SMILES string of the molecule is CCCC(=O)Nc1ccc(C(C)C)cc1OC. The summed E-state index contributed by atoms with van der Waals surface area (Å²) in [5, 5.41) is 2.86. The van der Waals surface area contributed by atoms with Crippen LogP contribution in [-0.2, 0) is 4.79 Å². The predicted molar refractivity (Wildman–Crippen MR) is 70.6 cm³/mol. The smallest absolute Gasteiger partial charge is 0.224 e. The number of carbonyl (C=O) groups is 1. The van der Waals surface area contributed by atoms with E-state index in [9.17, 15) is 4.79 Å². The van der Waals surface area contributed by atoms with Crippen LogP contribution in [0.5, 0.6) is 5.75 Å². The van der Waals surface area contributed by atoms with Crippen LogP contribution in [0.25, 0.3) is 0 Å². The Hall–Kier alpha value is -1.51. The van der Waals surface area contributed by atoms with E-state index in [1.165, 1.54) is 5.56 Å². The lowest BCUT2D eigenvalue weighted by atomic mass is 10.0. The van der Waals surface area contributed by atoms with Crippen LogP contribution in [0.1, 0.15) is 45.1 Å². The third-order valence-electron chi connectivity index (χ3n) is 2.64. The predicted octanol–water partition coefficient (Wildman–Crippen LogP) is 3.56. The fraction of sp³-hybridized carbons (Fsp3) is 0.500. The minimum Gasteiger partial charge on any atom is -0.495 e. The van der Waals surface area contributed by atoms with E-state index in [0.29, 0.717) is 12.3 Å². The minimum atomic E-state index is 0.0306. The number of hydrogen-bond donors (Lipinski definition) is 1. The number of nitrogens with one attached hydrogen (secondary N) is 1. The molecule has 0 spiro atoms. The molecule has 1 amide bonds. The van der Waals surface area contributed by atoms with Gasteiger partial charge in [-0.2, -0.15) is 0 Å². The fourth-order valence-corrected chi connectivity index (χ4v) is 1.61. The summed E-state index contributed by atoms with van der Waals surface area (Å²) in [6, 6.07) is 5.91. The van der Waals surface area contributed by atoms with Crippen molar-refractivity contribution in [2.45, 2.75) is 39.5 Å². The van der Waals surface area contributed by atoms with Crippen molar-refractivity contribution < 1.29 is 9.53 Å². The number of carbonyl (C=O) groups excluding carboxylic acids is 1. The maximum Gasteiger partial charge on any atom is 0.224 e. The Kier molecular flexibility index (Phi) is 5.01. The van der Waals surface area contributed by atoms with Gasteiger partial charge in [0.25, 0.3) is 0 Å². The van der Waals surface area contributed by atoms with Crippen molar-refractivity contribution in [3.63, 3.8) is 0 Å². The van der Waals surface area contributed by atoms with Crippen LogP contribution in [-0.4, -0.2) is 13.0 Å². The molecule has 0 radical (unpaired) electrons. The molecule has 1 aromatic carbocycles. The van der Waals surface area contributed by atoms with Crippen LogP contribution in [0, 0.1) is 0 Å². The van der Waals surface area contributed by atoms with Crippen molar-refractivity contribution in [3.05, 3.63) is 23.8 Å². The van der Waals surface area contributed by atoms with Crippen LogP contribution in [0.15, 0.2) is 18.2 Å². The van der Waals surface area contributed by atoms with Crippen molar-refractivity contribution in [1.82, 2.24) is 0 Å². The zero-order chi connectivity index (χ0) is 12.8. The Morgan fingerprint density at radius 3 is 2.65 bits per heavy atom. The standard InChI is InChI=1S/C14H21NO2/c1-5-6-14(16)15-12-8-7-11(10(2)3)9-13(12)17-4/h7-10H,5-6H2,1-4H3,(H,15,16). The van der Waals surface area contributed by atoms with Crippen molar-refractivity contribution in [2.75, 3.05) is 12.4 Å². The number of ether oxygens (including phenoxy) is 1. The van der Waals surface area contributed by atoms with Gasteiger partial charge in [-0.25, -0.2) is 0 Å². The Morgan fingerprint density at radius 1 is 1.41 bits per heavy atom. The summed E-state index contributed by atoms with van der Waals surface area (Å²) < 4.78 is 5.30. The lowest BCUT2D eigenvalue weighted by Gasteiger charge is -2.13. The highest BCUT2D eigenvalue weighted by atomic mass is 16.5. The molecule has 0 atom stereocenters. The summed E-state index contributed by atoms with van der Waals surface area (Å²) in [4.78, 5) is 11.5. The van der Waals surface area contributed by atoms with Crippen LogP contribution in [0.4, 0.5) is 5.69 Å². The van der Waals surface area contributed by atoms with Crippen molar-refractivity contribution >= 4 is 11.6 Å². The highest BCUT2D eigenvalue weighted by Gasteiger charge is 2.09. The molecule has 0 heterocycles. The monoisotopic (exact) mass is 235 g/mol. The van der Waals surface area contributed by atoms with Gasteiger partial charge in [0.1, 0.15) is 5.75 Å². The van der Waals surface area contributed by atoms with E-state index < -0.39 is 0 Å². The number of amides is 1. The van der Waals surface area contributed by atoms with E-state index in [1.54, 1.807) is 7.11 Å². The van der Waals surface area contributed by atoms with Gasteiger partial charge in [0.05, 0.1) is 12.8 Å². The summed E-state index contributed by atoms with van der Waals surface area (Å²) in [7, 11) is 1.62. The first-order valence-corrected chi connectivity index (χ1v) is 6.06. The summed E-state index contributed by atoms with van der Waals surface area (Å²) in [6.07, 6.45) is 1.38. The molecule has 0 aromatic heterocycles. The molecule has 0 saturated heterocycles. The maximum atomic E-state index is 11.5. The molecule has 0 unspecified atom stereocenters. The normalized spacial score (nSPS) is 10.4. The maximum absolute atomic E-state index is 11.5. The van der Waals surface area contributed by atoms with Gasteiger partial charge in [0.2, 0.25) is 5.91 Å². The van der Waals surface area contributed by atoms with Gasteiger partial charge in [-0.1, -0.05) is 26.8 Å².